The lowest BCUT2D eigenvalue weighted by atomic mass is 10.1. The first-order chi connectivity index (χ1) is 9.85. The summed E-state index contributed by atoms with van der Waals surface area (Å²) in [6.07, 6.45) is 16.5. The normalized spacial score (nSPS) is 10.4. The molecular weight excluding hydrogens is 319 g/mol. The molecule has 0 amide bonds. The van der Waals surface area contributed by atoms with Gasteiger partial charge in [0.2, 0.25) is 0 Å². The van der Waals surface area contributed by atoms with Crippen molar-refractivity contribution in [3.63, 3.8) is 0 Å². The van der Waals surface area contributed by atoms with Crippen LogP contribution >= 0.6 is 24.8 Å². The molecule has 0 saturated heterocycles. The summed E-state index contributed by atoms with van der Waals surface area (Å²) in [5.74, 6) is 0. The molecule has 5 heteroatoms. The van der Waals surface area contributed by atoms with Crippen LogP contribution in [0.3, 0.4) is 0 Å². The number of halogens is 2. The fourth-order valence-corrected chi connectivity index (χ4v) is 2.43. The van der Waals surface area contributed by atoms with Gasteiger partial charge in [0.15, 0.2) is 0 Å². The van der Waals surface area contributed by atoms with Gasteiger partial charge in [-0.05, 0) is 6.42 Å². The third-order valence-corrected chi connectivity index (χ3v) is 3.88. The highest BCUT2D eigenvalue weighted by Crippen LogP contribution is 2.11. The molecule has 138 valence electrons. The Morgan fingerprint density at radius 1 is 0.636 bits per heavy atom. The molecular formula is C17H40Cl2N2O. The average molecular weight is 359 g/mol. The van der Waals surface area contributed by atoms with Gasteiger partial charge in [0.1, 0.15) is 0 Å². The number of ether oxygens (including phenoxy) is 1. The van der Waals surface area contributed by atoms with E-state index >= 15 is 0 Å². The first-order valence-corrected chi connectivity index (χ1v) is 8.86. The molecule has 0 rings (SSSR count). The van der Waals surface area contributed by atoms with Gasteiger partial charge in [-0.2, -0.15) is 0 Å². The van der Waals surface area contributed by atoms with E-state index in [1.54, 1.807) is 0 Å². The van der Waals surface area contributed by atoms with E-state index in [2.05, 4.69) is 6.92 Å². The number of unbranched alkanes of at least 4 members (excludes halogenated alkanes) is 11. The van der Waals surface area contributed by atoms with Crippen LogP contribution in [0.5, 0.6) is 0 Å². The van der Waals surface area contributed by atoms with Crippen LogP contribution in [0.1, 0.15) is 84.0 Å². The molecule has 0 fully saturated rings. The van der Waals surface area contributed by atoms with Gasteiger partial charge < -0.3 is 16.2 Å². The van der Waals surface area contributed by atoms with E-state index in [-0.39, 0.29) is 30.9 Å². The van der Waals surface area contributed by atoms with Gasteiger partial charge in [0.25, 0.3) is 0 Å². The van der Waals surface area contributed by atoms with E-state index < -0.39 is 0 Å². The SMILES string of the molecule is CCCCCCCCCCCCCCOC(CN)CN.Cl.Cl. The van der Waals surface area contributed by atoms with Crippen LogP contribution in [0.4, 0.5) is 0 Å². The lowest BCUT2D eigenvalue weighted by molar-refractivity contribution is 0.0621. The molecule has 0 aliphatic heterocycles. The summed E-state index contributed by atoms with van der Waals surface area (Å²) in [6, 6.07) is 0. The Morgan fingerprint density at radius 3 is 1.36 bits per heavy atom. The predicted molar refractivity (Wildman–Crippen MR) is 103 cm³/mol. The molecule has 22 heavy (non-hydrogen) atoms. The number of nitrogens with two attached hydrogens (primary N) is 2. The fourth-order valence-electron chi connectivity index (χ4n) is 2.43. The first-order valence-electron chi connectivity index (χ1n) is 8.86. The van der Waals surface area contributed by atoms with Crippen molar-refractivity contribution in [2.24, 2.45) is 11.5 Å². The van der Waals surface area contributed by atoms with Crippen molar-refractivity contribution in [3.05, 3.63) is 0 Å². The third-order valence-electron chi connectivity index (χ3n) is 3.88. The molecule has 0 heterocycles. The molecule has 3 nitrogen and oxygen atoms in total. The lowest BCUT2D eigenvalue weighted by Gasteiger charge is -2.13. The highest BCUT2D eigenvalue weighted by Gasteiger charge is 2.02. The number of hydrogen-bond donors (Lipinski definition) is 2. The Kier molecular flexibility index (Phi) is 29.5. The highest BCUT2D eigenvalue weighted by molar-refractivity contribution is 5.85. The molecule has 0 aromatic heterocycles. The van der Waals surface area contributed by atoms with Gasteiger partial charge in [-0.15, -0.1) is 24.8 Å². The maximum Gasteiger partial charge on any atom is 0.0819 e. The van der Waals surface area contributed by atoms with Crippen LogP contribution < -0.4 is 11.5 Å². The van der Waals surface area contributed by atoms with Gasteiger partial charge in [-0.3, -0.25) is 0 Å². The highest BCUT2D eigenvalue weighted by atomic mass is 35.5. The zero-order valence-electron chi connectivity index (χ0n) is 14.6. The van der Waals surface area contributed by atoms with Gasteiger partial charge >= 0.3 is 0 Å². The second-order valence-corrected chi connectivity index (χ2v) is 5.85. The zero-order chi connectivity index (χ0) is 14.9. The summed E-state index contributed by atoms with van der Waals surface area (Å²) in [7, 11) is 0. The van der Waals surface area contributed by atoms with Crippen LogP contribution in [0.15, 0.2) is 0 Å². The van der Waals surface area contributed by atoms with E-state index in [9.17, 15) is 0 Å². The fraction of sp³-hybridized carbons (Fsp3) is 1.00. The average Bonchev–Trinajstić information content (AvgIpc) is 2.48. The van der Waals surface area contributed by atoms with Gasteiger partial charge in [0, 0.05) is 19.7 Å². The third kappa shape index (κ3) is 20.5. The van der Waals surface area contributed by atoms with E-state index in [0.29, 0.717) is 13.1 Å². The van der Waals surface area contributed by atoms with E-state index in [4.69, 9.17) is 16.2 Å². The maximum atomic E-state index is 5.58. The molecule has 0 spiro atoms. The zero-order valence-corrected chi connectivity index (χ0v) is 16.2. The summed E-state index contributed by atoms with van der Waals surface area (Å²) in [6.45, 7) is 4.16. The van der Waals surface area contributed by atoms with Crippen molar-refractivity contribution in [1.29, 1.82) is 0 Å². The standard InChI is InChI=1S/C17H38N2O.2ClH/c1-2-3-4-5-6-7-8-9-10-11-12-13-14-20-17(15-18)16-19;;/h17H,2-16,18-19H2,1H3;2*1H. The summed E-state index contributed by atoms with van der Waals surface area (Å²) >= 11 is 0. The summed E-state index contributed by atoms with van der Waals surface area (Å²) in [4.78, 5) is 0. The monoisotopic (exact) mass is 358 g/mol. The molecule has 0 saturated carbocycles. The molecule has 0 unspecified atom stereocenters. The van der Waals surface area contributed by atoms with E-state index in [1.807, 2.05) is 0 Å². The lowest BCUT2D eigenvalue weighted by Crippen LogP contribution is -2.31. The van der Waals surface area contributed by atoms with Crippen molar-refractivity contribution < 1.29 is 4.74 Å². The van der Waals surface area contributed by atoms with Crippen molar-refractivity contribution in [3.8, 4) is 0 Å². The second kappa shape index (κ2) is 23.7. The van der Waals surface area contributed by atoms with Crippen LogP contribution in [-0.4, -0.2) is 25.8 Å². The molecule has 0 bridgehead atoms. The Balaban J connectivity index is -0.00000180. The minimum Gasteiger partial charge on any atom is -0.376 e. The summed E-state index contributed by atoms with van der Waals surface area (Å²) < 4.78 is 5.58. The van der Waals surface area contributed by atoms with Gasteiger partial charge in [0.05, 0.1) is 6.10 Å². The quantitative estimate of drug-likeness (QED) is 0.388. The number of rotatable bonds is 16. The summed E-state index contributed by atoms with van der Waals surface area (Å²) in [5, 5.41) is 0. The molecule has 0 aliphatic rings. The molecule has 0 aliphatic carbocycles. The topological polar surface area (TPSA) is 61.3 Å². The summed E-state index contributed by atoms with van der Waals surface area (Å²) in [5.41, 5.74) is 11.1. The minimum absolute atomic E-state index is 0. The van der Waals surface area contributed by atoms with Crippen molar-refractivity contribution >= 4 is 24.8 Å². The van der Waals surface area contributed by atoms with Crippen LogP contribution in [0, 0.1) is 0 Å². The second-order valence-electron chi connectivity index (χ2n) is 5.85. The Labute approximate surface area is 151 Å². The largest absolute Gasteiger partial charge is 0.376 e. The molecule has 0 aromatic rings. The van der Waals surface area contributed by atoms with Gasteiger partial charge in [-0.1, -0.05) is 77.6 Å². The molecule has 0 radical (unpaired) electrons. The Morgan fingerprint density at radius 2 is 1.00 bits per heavy atom. The Bertz CT molecular complexity index is 182. The predicted octanol–water partition coefficient (Wildman–Crippen LogP) is 4.83. The number of hydrogen-bond acceptors (Lipinski definition) is 3. The Hall–Kier alpha value is 0.460. The molecule has 4 N–H and O–H groups in total. The maximum absolute atomic E-state index is 5.58. The first kappa shape index (κ1) is 27.3. The van der Waals surface area contributed by atoms with E-state index in [0.717, 1.165) is 13.0 Å². The van der Waals surface area contributed by atoms with Gasteiger partial charge in [-0.25, -0.2) is 0 Å². The minimum atomic E-state index is 0. The van der Waals surface area contributed by atoms with Crippen molar-refractivity contribution in [1.82, 2.24) is 0 Å². The van der Waals surface area contributed by atoms with E-state index in [1.165, 1.54) is 70.6 Å². The molecule has 0 aromatic carbocycles. The van der Waals surface area contributed by atoms with Crippen molar-refractivity contribution in [2.45, 2.75) is 90.1 Å². The molecule has 0 atom stereocenters. The smallest absolute Gasteiger partial charge is 0.0819 e. The van der Waals surface area contributed by atoms with Crippen LogP contribution in [0.2, 0.25) is 0 Å². The van der Waals surface area contributed by atoms with Crippen molar-refractivity contribution in [2.75, 3.05) is 19.7 Å². The van der Waals surface area contributed by atoms with Crippen LogP contribution in [-0.2, 0) is 4.74 Å². The van der Waals surface area contributed by atoms with Crippen LogP contribution in [0.25, 0.3) is 0 Å².